The van der Waals surface area contributed by atoms with Crippen molar-refractivity contribution in [2.24, 2.45) is 0 Å². The SMILES string of the molecule is CC(=O)Nc1ccc(-c2cn(-c3cccc([N+](=O)[O-])c3C)nn2)cc1. The molecule has 25 heavy (non-hydrogen) atoms. The lowest BCUT2D eigenvalue weighted by molar-refractivity contribution is -0.385. The van der Waals surface area contributed by atoms with E-state index in [1.54, 1.807) is 37.4 Å². The van der Waals surface area contributed by atoms with Crippen LogP contribution in [0.5, 0.6) is 0 Å². The van der Waals surface area contributed by atoms with Crippen LogP contribution in [0.3, 0.4) is 0 Å². The quantitative estimate of drug-likeness (QED) is 0.582. The third-order valence-electron chi connectivity index (χ3n) is 3.71. The van der Waals surface area contributed by atoms with E-state index >= 15 is 0 Å². The van der Waals surface area contributed by atoms with Crippen LogP contribution in [-0.2, 0) is 4.79 Å². The van der Waals surface area contributed by atoms with Crippen LogP contribution in [0.2, 0.25) is 0 Å². The summed E-state index contributed by atoms with van der Waals surface area (Å²) in [6.45, 7) is 3.12. The van der Waals surface area contributed by atoms with Crippen LogP contribution in [0.15, 0.2) is 48.7 Å². The van der Waals surface area contributed by atoms with Gasteiger partial charge in [0.05, 0.1) is 22.4 Å². The number of hydrogen-bond acceptors (Lipinski definition) is 5. The fraction of sp³-hybridized carbons (Fsp3) is 0.118. The van der Waals surface area contributed by atoms with Gasteiger partial charge < -0.3 is 5.32 Å². The summed E-state index contributed by atoms with van der Waals surface area (Å²) in [5, 5.41) is 22.0. The van der Waals surface area contributed by atoms with Gasteiger partial charge in [-0.05, 0) is 25.1 Å². The summed E-state index contributed by atoms with van der Waals surface area (Å²) < 4.78 is 1.51. The molecule has 0 aliphatic rings. The van der Waals surface area contributed by atoms with Gasteiger partial charge in [0.15, 0.2) is 0 Å². The number of benzene rings is 2. The molecule has 1 N–H and O–H groups in total. The van der Waals surface area contributed by atoms with E-state index < -0.39 is 4.92 Å². The van der Waals surface area contributed by atoms with Gasteiger partial charge in [0.25, 0.3) is 5.69 Å². The second-order valence-corrected chi connectivity index (χ2v) is 5.49. The number of amides is 1. The molecule has 2 aromatic carbocycles. The number of nitro benzene ring substituents is 1. The molecular weight excluding hydrogens is 322 g/mol. The molecule has 0 radical (unpaired) electrons. The molecule has 0 fully saturated rings. The van der Waals surface area contributed by atoms with Crippen molar-refractivity contribution in [3.8, 4) is 16.9 Å². The average Bonchev–Trinajstić information content (AvgIpc) is 3.04. The lowest BCUT2D eigenvalue weighted by Crippen LogP contribution is -2.05. The van der Waals surface area contributed by atoms with E-state index in [4.69, 9.17) is 0 Å². The van der Waals surface area contributed by atoms with Crippen molar-refractivity contribution < 1.29 is 9.72 Å². The molecule has 0 unspecified atom stereocenters. The highest BCUT2D eigenvalue weighted by Gasteiger charge is 2.15. The molecule has 0 atom stereocenters. The summed E-state index contributed by atoms with van der Waals surface area (Å²) >= 11 is 0. The minimum Gasteiger partial charge on any atom is -0.326 e. The van der Waals surface area contributed by atoms with E-state index in [9.17, 15) is 14.9 Å². The number of aromatic nitrogens is 3. The number of hydrogen-bond donors (Lipinski definition) is 1. The van der Waals surface area contributed by atoms with E-state index in [2.05, 4.69) is 15.6 Å². The van der Waals surface area contributed by atoms with Crippen LogP contribution in [-0.4, -0.2) is 25.8 Å². The van der Waals surface area contributed by atoms with E-state index in [1.165, 1.54) is 17.7 Å². The van der Waals surface area contributed by atoms with Crippen LogP contribution >= 0.6 is 0 Å². The van der Waals surface area contributed by atoms with Crippen LogP contribution in [0.1, 0.15) is 12.5 Å². The van der Waals surface area contributed by atoms with Gasteiger partial charge in [-0.1, -0.05) is 23.4 Å². The van der Waals surface area contributed by atoms with Crippen molar-refractivity contribution in [2.75, 3.05) is 5.32 Å². The Balaban J connectivity index is 1.92. The average molecular weight is 337 g/mol. The fourth-order valence-corrected chi connectivity index (χ4v) is 2.50. The molecule has 8 heteroatoms. The molecule has 3 aromatic rings. The molecule has 3 rings (SSSR count). The third kappa shape index (κ3) is 3.37. The topological polar surface area (TPSA) is 103 Å². The monoisotopic (exact) mass is 337 g/mol. The van der Waals surface area contributed by atoms with Gasteiger partial charge in [-0.2, -0.15) is 0 Å². The minimum absolute atomic E-state index is 0.0363. The van der Waals surface area contributed by atoms with Crippen molar-refractivity contribution in [1.29, 1.82) is 0 Å². The predicted octanol–water partition coefficient (Wildman–Crippen LogP) is 3.11. The first-order valence-corrected chi connectivity index (χ1v) is 7.50. The van der Waals surface area contributed by atoms with E-state index in [-0.39, 0.29) is 11.6 Å². The van der Waals surface area contributed by atoms with Crippen molar-refractivity contribution in [3.63, 3.8) is 0 Å². The Bertz CT molecular complexity index is 947. The zero-order chi connectivity index (χ0) is 18.0. The Hall–Kier alpha value is -3.55. The molecule has 0 aliphatic carbocycles. The third-order valence-corrected chi connectivity index (χ3v) is 3.71. The second-order valence-electron chi connectivity index (χ2n) is 5.49. The van der Waals surface area contributed by atoms with Gasteiger partial charge in [-0.25, -0.2) is 4.68 Å². The van der Waals surface area contributed by atoms with Crippen molar-refractivity contribution in [2.45, 2.75) is 13.8 Å². The molecule has 0 saturated carbocycles. The first-order chi connectivity index (χ1) is 12.0. The molecule has 0 bridgehead atoms. The lowest BCUT2D eigenvalue weighted by Gasteiger charge is -2.05. The second kappa shape index (κ2) is 6.52. The Morgan fingerprint density at radius 2 is 1.92 bits per heavy atom. The summed E-state index contributed by atoms with van der Waals surface area (Å²) in [5.74, 6) is -0.139. The fourth-order valence-electron chi connectivity index (χ4n) is 2.50. The number of carbonyl (C=O) groups is 1. The normalized spacial score (nSPS) is 10.5. The lowest BCUT2D eigenvalue weighted by atomic mass is 10.1. The maximum atomic E-state index is 11.1. The van der Waals surface area contributed by atoms with Crippen molar-refractivity contribution >= 4 is 17.3 Å². The molecule has 126 valence electrons. The summed E-state index contributed by atoms with van der Waals surface area (Å²) in [5.41, 5.74) is 3.30. The highest BCUT2D eigenvalue weighted by molar-refractivity contribution is 5.88. The molecule has 0 saturated heterocycles. The molecular formula is C17H15N5O3. The van der Waals surface area contributed by atoms with Crippen molar-refractivity contribution in [3.05, 3.63) is 64.3 Å². The van der Waals surface area contributed by atoms with Crippen LogP contribution < -0.4 is 5.32 Å². The van der Waals surface area contributed by atoms with Gasteiger partial charge in [0.1, 0.15) is 5.69 Å². The molecule has 0 spiro atoms. The number of anilines is 1. The van der Waals surface area contributed by atoms with Gasteiger partial charge in [-0.3, -0.25) is 14.9 Å². The number of carbonyl (C=O) groups excluding carboxylic acids is 1. The number of nitrogens with zero attached hydrogens (tertiary/aromatic N) is 4. The summed E-state index contributed by atoms with van der Waals surface area (Å²) in [6, 6.07) is 12.0. The summed E-state index contributed by atoms with van der Waals surface area (Å²) in [6.07, 6.45) is 1.71. The Labute approximate surface area is 143 Å². The minimum atomic E-state index is -0.419. The standard InChI is InChI=1S/C17H15N5O3/c1-11-16(4-3-5-17(11)22(24)25)21-10-15(19-20-21)13-6-8-14(9-7-13)18-12(2)23/h3-10H,1-2H3,(H,18,23). The van der Waals surface area contributed by atoms with E-state index in [0.29, 0.717) is 22.6 Å². The Morgan fingerprint density at radius 3 is 2.56 bits per heavy atom. The predicted molar refractivity (Wildman–Crippen MR) is 92.5 cm³/mol. The van der Waals surface area contributed by atoms with Crippen LogP contribution in [0, 0.1) is 17.0 Å². The molecule has 8 nitrogen and oxygen atoms in total. The summed E-state index contributed by atoms with van der Waals surface area (Å²) in [7, 11) is 0. The van der Waals surface area contributed by atoms with Gasteiger partial charge in [0, 0.05) is 24.2 Å². The van der Waals surface area contributed by atoms with Gasteiger partial charge in [-0.15, -0.1) is 5.10 Å². The molecule has 1 heterocycles. The number of rotatable bonds is 4. The van der Waals surface area contributed by atoms with Gasteiger partial charge >= 0.3 is 0 Å². The van der Waals surface area contributed by atoms with Crippen LogP contribution in [0.25, 0.3) is 16.9 Å². The Kier molecular flexibility index (Phi) is 4.25. The van der Waals surface area contributed by atoms with Gasteiger partial charge in [0.2, 0.25) is 5.91 Å². The van der Waals surface area contributed by atoms with E-state index in [0.717, 1.165) is 5.56 Å². The number of nitro groups is 1. The van der Waals surface area contributed by atoms with E-state index in [1.807, 2.05) is 12.1 Å². The smallest absolute Gasteiger partial charge is 0.274 e. The first kappa shape index (κ1) is 16.3. The molecule has 1 amide bonds. The largest absolute Gasteiger partial charge is 0.326 e. The summed E-state index contributed by atoms with van der Waals surface area (Å²) in [4.78, 5) is 21.7. The molecule has 1 aromatic heterocycles. The highest BCUT2D eigenvalue weighted by Crippen LogP contribution is 2.25. The molecule has 0 aliphatic heterocycles. The number of nitrogens with one attached hydrogen (secondary N) is 1. The first-order valence-electron chi connectivity index (χ1n) is 7.50. The zero-order valence-corrected chi connectivity index (χ0v) is 13.6. The maximum Gasteiger partial charge on any atom is 0.274 e. The maximum absolute atomic E-state index is 11.1. The Morgan fingerprint density at radius 1 is 1.20 bits per heavy atom. The highest BCUT2D eigenvalue weighted by atomic mass is 16.6. The van der Waals surface area contributed by atoms with Crippen molar-refractivity contribution in [1.82, 2.24) is 15.0 Å². The van der Waals surface area contributed by atoms with Crippen LogP contribution in [0.4, 0.5) is 11.4 Å². The zero-order valence-electron chi connectivity index (χ0n) is 13.6.